The average Bonchev–Trinajstić information content (AvgIpc) is 3.61. The fourth-order valence-electron chi connectivity index (χ4n) is 10.9. The summed E-state index contributed by atoms with van der Waals surface area (Å²) in [6.45, 7) is 16.3. The summed E-state index contributed by atoms with van der Waals surface area (Å²) >= 11 is 0. The summed E-state index contributed by atoms with van der Waals surface area (Å²) in [6, 6.07) is 0. The number of aliphatic hydroxyl groups is 2. The van der Waals surface area contributed by atoms with Crippen molar-refractivity contribution in [3.8, 4) is 0 Å². The Morgan fingerprint density at radius 1 is 0.906 bits per heavy atom. The molecule has 1 unspecified atom stereocenters. The van der Waals surface area contributed by atoms with Gasteiger partial charge in [-0.25, -0.2) is 5.48 Å². The highest BCUT2D eigenvalue weighted by Gasteiger charge is 2.60. The van der Waals surface area contributed by atoms with E-state index in [2.05, 4.69) is 52.3 Å². The average molecular weight is 902 g/mol. The molecule has 7 rings (SSSR count). The lowest BCUT2D eigenvalue weighted by molar-refractivity contribution is -0.323. The molecule has 0 radical (unpaired) electrons. The molecule has 1 spiro atoms. The first kappa shape index (κ1) is 49.6. The summed E-state index contributed by atoms with van der Waals surface area (Å²) in [5, 5.41) is 23.8. The topological polar surface area (TPSA) is 171 Å². The van der Waals surface area contributed by atoms with Crippen LogP contribution in [0.2, 0.25) is 0 Å². The summed E-state index contributed by atoms with van der Waals surface area (Å²) in [5.74, 6) is -2.55. The van der Waals surface area contributed by atoms with Crippen molar-refractivity contribution in [2.24, 2.45) is 23.7 Å². The normalized spacial score (nSPS) is 48.0. The Morgan fingerprint density at radius 3 is 2.28 bits per heavy atom. The summed E-state index contributed by atoms with van der Waals surface area (Å²) in [6.07, 6.45) is 9.69. The number of nitrogens with one attached hydrogen (secondary N) is 1. The second kappa shape index (κ2) is 20.9. The van der Waals surface area contributed by atoms with Crippen LogP contribution in [0.1, 0.15) is 93.9 Å². The van der Waals surface area contributed by atoms with Crippen molar-refractivity contribution in [2.75, 3.05) is 27.9 Å². The van der Waals surface area contributed by atoms with Crippen molar-refractivity contribution in [3.63, 3.8) is 0 Å². The summed E-state index contributed by atoms with van der Waals surface area (Å²) in [4.78, 5) is 20.1. The zero-order valence-corrected chi connectivity index (χ0v) is 39.7. The van der Waals surface area contributed by atoms with Crippen LogP contribution in [0.25, 0.3) is 0 Å². The third-order valence-electron chi connectivity index (χ3n) is 14.7. The van der Waals surface area contributed by atoms with E-state index in [0.29, 0.717) is 43.3 Å². The van der Waals surface area contributed by atoms with E-state index in [4.69, 9.17) is 52.2 Å². The van der Waals surface area contributed by atoms with E-state index in [0.717, 1.165) is 12.0 Å². The SMILES string of the molecule is CCC(C)[C@H]1O[C@]2(C=C[C@@H]1C)C[C@@H]1C[C@@H](C/C=C(\C)[C@@H](O[C@H]3C[C@H](OC)[C@@H](O[C@H]4C[C@H](OC)[C@@H](ONC)[C@H](C)O4)[C@H](C)O3)[C@@H](C)/C=C/C=C3\CO[C@@H]4[C@H](O)C(C)=C[C@@H](C(=O)O1)[C@]34O)O2. The lowest BCUT2D eigenvalue weighted by atomic mass is 9.71. The molecule has 20 atom stereocenters. The van der Waals surface area contributed by atoms with Crippen LogP contribution in [-0.2, 0) is 57.0 Å². The fourth-order valence-corrected chi connectivity index (χ4v) is 10.9. The Balaban J connectivity index is 1.17. The Bertz CT molecular complexity index is 1770. The van der Waals surface area contributed by atoms with Gasteiger partial charge in [0, 0.05) is 58.8 Å². The van der Waals surface area contributed by atoms with Gasteiger partial charge in [-0.1, -0.05) is 70.6 Å². The molecule has 6 heterocycles. The van der Waals surface area contributed by atoms with E-state index in [1.807, 2.05) is 32.1 Å². The van der Waals surface area contributed by atoms with Gasteiger partial charge in [-0.2, -0.15) is 0 Å². The molecule has 7 aliphatic rings. The van der Waals surface area contributed by atoms with Crippen LogP contribution in [0.15, 0.2) is 59.3 Å². The van der Waals surface area contributed by atoms with Crippen LogP contribution in [0.5, 0.6) is 0 Å². The molecule has 15 nitrogen and oxygen atoms in total. The Labute approximate surface area is 379 Å². The molecular weight excluding hydrogens is 827 g/mol. The molecule has 4 fully saturated rings. The van der Waals surface area contributed by atoms with Crippen LogP contribution < -0.4 is 5.48 Å². The minimum Gasteiger partial charge on any atom is -0.462 e. The maximum absolute atomic E-state index is 14.4. The highest BCUT2D eigenvalue weighted by atomic mass is 16.7. The summed E-state index contributed by atoms with van der Waals surface area (Å²) in [7, 11) is 5.04. The smallest absolute Gasteiger partial charge is 0.316 e. The number of carbonyl (C=O) groups excluding carboxylic acids is 1. The monoisotopic (exact) mass is 902 g/mol. The quantitative estimate of drug-likeness (QED) is 0.142. The van der Waals surface area contributed by atoms with Crippen LogP contribution in [-0.4, -0.2) is 141 Å². The molecule has 64 heavy (non-hydrogen) atoms. The number of aliphatic hydroxyl groups excluding tert-OH is 1. The lowest BCUT2D eigenvalue weighted by Crippen LogP contribution is -2.58. The Morgan fingerprint density at radius 2 is 1.59 bits per heavy atom. The highest BCUT2D eigenvalue weighted by Crippen LogP contribution is 2.47. The second-order valence-corrected chi connectivity index (χ2v) is 19.3. The summed E-state index contributed by atoms with van der Waals surface area (Å²) in [5.41, 5.74) is 2.91. The second-order valence-electron chi connectivity index (χ2n) is 19.3. The van der Waals surface area contributed by atoms with Gasteiger partial charge in [-0.3, -0.25) is 9.63 Å². The maximum Gasteiger partial charge on any atom is 0.316 e. The van der Waals surface area contributed by atoms with Gasteiger partial charge in [-0.05, 0) is 62.8 Å². The van der Waals surface area contributed by atoms with Crippen molar-refractivity contribution in [1.82, 2.24) is 5.48 Å². The molecule has 4 saturated heterocycles. The van der Waals surface area contributed by atoms with Crippen molar-refractivity contribution in [3.05, 3.63) is 59.3 Å². The van der Waals surface area contributed by atoms with E-state index in [1.54, 1.807) is 40.3 Å². The van der Waals surface area contributed by atoms with Crippen LogP contribution in [0.4, 0.5) is 0 Å². The molecule has 0 aromatic carbocycles. The number of hydrogen-bond acceptors (Lipinski definition) is 15. The molecule has 0 saturated carbocycles. The molecule has 3 N–H and O–H groups in total. The van der Waals surface area contributed by atoms with E-state index < -0.39 is 72.5 Å². The van der Waals surface area contributed by atoms with Gasteiger partial charge < -0.3 is 57.6 Å². The molecular formula is C49H75NO14. The van der Waals surface area contributed by atoms with Crippen LogP contribution >= 0.6 is 0 Å². The standard InChI is InChI=1S/C49H75NO14/c1-12-26(2)43-29(5)18-19-48(63-43)24-35-21-34(62-48)17-16-28(4)42(27(3)14-13-15-33-25-56-46-41(51)30(6)20-36(47(52)59-35)49(33,46)53)60-39-22-37(54-10)44(31(7)57-39)61-40-23-38(55-11)45(64-50-9)32(8)58-40/h13-16,18-20,26-27,29,31-32,34-46,50-51,53H,12,17,21-25H2,1-11H3/b14-13+,28-16+,33-15+/t26?,27-,29-,31-,32-,34+,35-,36-,37-,38-,39-,40-,41+,42-,43+,44-,45-,46+,48+,49+/m0/s1. The summed E-state index contributed by atoms with van der Waals surface area (Å²) < 4.78 is 64.5. The fraction of sp³-hybridized carbons (Fsp3) is 0.776. The lowest BCUT2D eigenvalue weighted by Gasteiger charge is -2.48. The Kier molecular flexibility index (Phi) is 16.2. The largest absolute Gasteiger partial charge is 0.462 e. The first-order valence-corrected chi connectivity index (χ1v) is 23.5. The van der Waals surface area contributed by atoms with Gasteiger partial charge in [-0.15, -0.1) is 0 Å². The molecule has 1 aliphatic carbocycles. The van der Waals surface area contributed by atoms with Crippen molar-refractivity contribution >= 4 is 5.97 Å². The van der Waals surface area contributed by atoms with Crippen molar-refractivity contribution in [1.29, 1.82) is 0 Å². The number of hydrogen-bond donors (Lipinski definition) is 3. The number of allylic oxidation sites excluding steroid dienone is 2. The number of carbonyl (C=O) groups is 1. The Hall–Kier alpha value is -2.35. The molecule has 15 heteroatoms. The zero-order valence-electron chi connectivity index (χ0n) is 39.7. The predicted molar refractivity (Wildman–Crippen MR) is 235 cm³/mol. The highest BCUT2D eigenvalue weighted by molar-refractivity contribution is 5.78. The third-order valence-corrected chi connectivity index (χ3v) is 14.7. The zero-order chi connectivity index (χ0) is 46.1. The van der Waals surface area contributed by atoms with E-state index in [-0.39, 0.29) is 61.0 Å². The van der Waals surface area contributed by atoms with Gasteiger partial charge in [0.15, 0.2) is 18.4 Å². The molecule has 360 valence electrons. The van der Waals surface area contributed by atoms with Crippen molar-refractivity contribution < 1.29 is 67.2 Å². The minimum absolute atomic E-state index is 0.0354. The van der Waals surface area contributed by atoms with Gasteiger partial charge >= 0.3 is 5.97 Å². The number of hydroxylamine groups is 1. The first-order valence-electron chi connectivity index (χ1n) is 23.5. The minimum atomic E-state index is -1.83. The van der Waals surface area contributed by atoms with E-state index >= 15 is 0 Å². The number of methoxy groups -OCH3 is 2. The van der Waals surface area contributed by atoms with E-state index in [9.17, 15) is 15.0 Å². The predicted octanol–water partition coefficient (Wildman–Crippen LogP) is 5.54. The number of fused-ring (bicyclic) bond motifs is 2. The van der Waals surface area contributed by atoms with Gasteiger partial charge in [0.25, 0.3) is 0 Å². The van der Waals surface area contributed by atoms with Gasteiger partial charge in [0.1, 0.15) is 42.0 Å². The number of rotatable bonds is 10. The first-order chi connectivity index (χ1) is 30.5. The third kappa shape index (κ3) is 10.2. The van der Waals surface area contributed by atoms with Gasteiger partial charge in [0.05, 0.1) is 49.3 Å². The molecule has 2 bridgehead atoms. The number of esters is 1. The molecule has 0 amide bonds. The molecule has 0 aromatic rings. The molecule has 6 aliphatic heterocycles. The van der Waals surface area contributed by atoms with Crippen molar-refractivity contribution in [2.45, 2.75) is 191 Å². The van der Waals surface area contributed by atoms with Crippen LogP contribution in [0, 0.1) is 23.7 Å². The van der Waals surface area contributed by atoms with Gasteiger partial charge in [0.2, 0.25) is 0 Å². The van der Waals surface area contributed by atoms with E-state index in [1.165, 1.54) is 0 Å². The maximum atomic E-state index is 14.4. The molecule has 0 aromatic heterocycles. The number of ether oxygens (including phenoxy) is 10. The van der Waals surface area contributed by atoms with Crippen LogP contribution in [0.3, 0.4) is 0 Å².